The fourth-order valence-corrected chi connectivity index (χ4v) is 2.23. The molecule has 0 N–H and O–H groups in total. The number of rotatable bonds is 1. The van der Waals surface area contributed by atoms with Gasteiger partial charge in [0.05, 0.1) is 11.7 Å². The molecule has 0 spiro atoms. The highest BCUT2D eigenvalue weighted by atomic mass is 16.3. The van der Waals surface area contributed by atoms with Crippen LogP contribution in [0.1, 0.15) is 0 Å². The number of hydrogen-bond acceptors (Lipinski definition) is 3. The number of benzene rings is 2. The zero-order chi connectivity index (χ0) is 12.7. The molecule has 2 aromatic heterocycles. The molecule has 0 aliphatic heterocycles. The van der Waals surface area contributed by atoms with Crippen LogP contribution >= 0.6 is 0 Å². The smallest absolute Gasteiger partial charge is 0.227 e. The van der Waals surface area contributed by atoms with E-state index in [0.29, 0.717) is 5.89 Å². The summed E-state index contributed by atoms with van der Waals surface area (Å²) in [7, 11) is 0. The summed E-state index contributed by atoms with van der Waals surface area (Å²) in [6.45, 7) is 0. The van der Waals surface area contributed by atoms with E-state index in [2.05, 4.69) is 9.97 Å². The van der Waals surface area contributed by atoms with Gasteiger partial charge in [0.1, 0.15) is 5.52 Å². The Morgan fingerprint density at radius 2 is 1.58 bits per heavy atom. The maximum Gasteiger partial charge on any atom is 0.227 e. The number of pyridine rings is 1. The van der Waals surface area contributed by atoms with Gasteiger partial charge in [-0.3, -0.25) is 4.98 Å². The fourth-order valence-electron chi connectivity index (χ4n) is 2.23. The lowest BCUT2D eigenvalue weighted by molar-refractivity contribution is 0.623. The van der Waals surface area contributed by atoms with Crippen LogP contribution in [0.3, 0.4) is 0 Å². The predicted octanol–water partition coefficient (Wildman–Crippen LogP) is 4.04. The molecule has 0 aliphatic carbocycles. The van der Waals surface area contributed by atoms with E-state index in [1.807, 2.05) is 54.6 Å². The number of oxazole rings is 1. The summed E-state index contributed by atoms with van der Waals surface area (Å²) in [5, 5.41) is 0.995. The Morgan fingerprint density at radius 1 is 0.789 bits per heavy atom. The van der Waals surface area contributed by atoms with Gasteiger partial charge in [-0.05, 0) is 24.3 Å². The fraction of sp³-hybridized carbons (Fsp3) is 0. The minimum absolute atomic E-state index is 0.633. The van der Waals surface area contributed by atoms with Crippen molar-refractivity contribution in [2.24, 2.45) is 0 Å². The summed E-state index contributed by atoms with van der Waals surface area (Å²) in [4.78, 5) is 8.90. The first-order valence-corrected chi connectivity index (χ1v) is 6.11. The first-order chi connectivity index (χ1) is 9.42. The Balaban J connectivity index is 2.04. The summed E-state index contributed by atoms with van der Waals surface area (Å²) in [6.07, 6.45) is 1.76. The van der Waals surface area contributed by atoms with Crippen molar-refractivity contribution < 1.29 is 4.42 Å². The topological polar surface area (TPSA) is 38.9 Å². The van der Waals surface area contributed by atoms with Crippen LogP contribution in [-0.4, -0.2) is 9.97 Å². The van der Waals surface area contributed by atoms with Gasteiger partial charge in [0.15, 0.2) is 5.58 Å². The van der Waals surface area contributed by atoms with E-state index in [1.54, 1.807) is 6.20 Å². The van der Waals surface area contributed by atoms with E-state index in [1.165, 1.54) is 0 Å². The Morgan fingerprint density at radius 3 is 2.47 bits per heavy atom. The molecule has 4 aromatic rings. The van der Waals surface area contributed by atoms with E-state index in [0.717, 1.165) is 27.6 Å². The third kappa shape index (κ3) is 1.59. The van der Waals surface area contributed by atoms with Gasteiger partial charge in [0, 0.05) is 10.9 Å². The first-order valence-electron chi connectivity index (χ1n) is 6.11. The summed E-state index contributed by atoms with van der Waals surface area (Å²) in [5.74, 6) is 0.633. The van der Waals surface area contributed by atoms with Crippen molar-refractivity contribution in [3.8, 4) is 11.5 Å². The molecule has 0 fully saturated rings. The standard InChI is InChI=1S/C16H10N2O/c1-2-6-11(7-3-1)16-18-14-10-17-13-9-5-4-8-12(13)15(14)19-16/h1-10H. The molecule has 2 aromatic carbocycles. The van der Waals surface area contributed by atoms with Crippen LogP contribution in [0.4, 0.5) is 0 Å². The lowest BCUT2D eigenvalue weighted by atomic mass is 10.2. The van der Waals surface area contributed by atoms with Crippen LogP contribution in [0.25, 0.3) is 33.5 Å². The molecule has 3 heteroatoms. The summed E-state index contributed by atoms with van der Waals surface area (Å²) < 4.78 is 5.92. The van der Waals surface area contributed by atoms with E-state index in [9.17, 15) is 0 Å². The molecule has 0 bridgehead atoms. The second-order valence-corrected chi connectivity index (χ2v) is 4.37. The first kappa shape index (κ1) is 10.3. The molecular weight excluding hydrogens is 236 g/mol. The Kier molecular flexibility index (Phi) is 2.12. The van der Waals surface area contributed by atoms with Crippen molar-refractivity contribution in [2.75, 3.05) is 0 Å². The Hall–Kier alpha value is -2.68. The maximum atomic E-state index is 5.92. The molecule has 0 saturated heterocycles. The maximum absolute atomic E-state index is 5.92. The van der Waals surface area contributed by atoms with E-state index < -0.39 is 0 Å². The highest BCUT2D eigenvalue weighted by molar-refractivity contribution is 6.00. The van der Waals surface area contributed by atoms with Gasteiger partial charge < -0.3 is 4.42 Å². The lowest BCUT2D eigenvalue weighted by Crippen LogP contribution is -1.78. The lowest BCUT2D eigenvalue weighted by Gasteiger charge is -1.95. The third-order valence-corrected chi connectivity index (χ3v) is 3.15. The number of aromatic nitrogens is 2. The average molecular weight is 246 g/mol. The van der Waals surface area contributed by atoms with E-state index >= 15 is 0 Å². The van der Waals surface area contributed by atoms with Crippen molar-refractivity contribution >= 4 is 22.0 Å². The van der Waals surface area contributed by atoms with Crippen molar-refractivity contribution in [3.63, 3.8) is 0 Å². The zero-order valence-corrected chi connectivity index (χ0v) is 10.1. The molecule has 4 rings (SSSR count). The zero-order valence-electron chi connectivity index (χ0n) is 10.1. The molecule has 0 unspecified atom stereocenters. The van der Waals surface area contributed by atoms with Crippen molar-refractivity contribution in [1.82, 2.24) is 9.97 Å². The summed E-state index contributed by atoms with van der Waals surface area (Å²) in [6, 6.07) is 17.8. The quantitative estimate of drug-likeness (QED) is 0.508. The average Bonchev–Trinajstić information content (AvgIpc) is 2.93. The van der Waals surface area contributed by atoms with Crippen molar-refractivity contribution in [2.45, 2.75) is 0 Å². The van der Waals surface area contributed by atoms with Crippen LogP contribution in [0.5, 0.6) is 0 Å². The largest absolute Gasteiger partial charge is 0.435 e. The molecule has 90 valence electrons. The summed E-state index contributed by atoms with van der Waals surface area (Å²) >= 11 is 0. The summed E-state index contributed by atoms with van der Waals surface area (Å²) in [5.41, 5.74) is 3.48. The Labute approximate surface area is 109 Å². The van der Waals surface area contributed by atoms with E-state index in [4.69, 9.17) is 4.42 Å². The van der Waals surface area contributed by atoms with Gasteiger partial charge in [0.25, 0.3) is 0 Å². The highest BCUT2D eigenvalue weighted by Gasteiger charge is 2.10. The number of nitrogens with zero attached hydrogens (tertiary/aromatic N) is 2. The SMILES string of the molecule is c1ccc(-c2nc3cnc4ccccc4c3o2)cc1. The second-order valence-electron chi connectivity index (χ2n) is 4.37. The third-order valence-electron chi connectivity index (χ3n) is 3.15. The van der Waals surface area contributed by atoms with Gasteiger partial charge in [-0.25, -0.2) is 4.98 Å². The second kappa shape index (κ2) is 3.92. The van der Waals surface area contributed by atoms with Gasteiger partial charge in [-0.1, -0.05) is 30.3 Å². The number of fused-ring (bicyclic) bond motifs is 3. The van der Waals surface area contributed by atoms with Gasteiger partial charge >= 0.3 is 0 Å². The molecule has 0 amide bonds. The van der Waals surface area contributed by atoms with Crippen LogP contribution in [0.2, 0.25) is 0 Å². The monoisotopic (exact) mass is 246 g/mol. The normalized spacial score (nSPS) is 11.2. The van der Waals surface area contributed by atoms with Crippen LogP contribution in [0, 0.1) is 0 Å². The van der Waals surface area contributed by atoms with E-state index in [-0.39, 0.29) is 0 Å². The molecule has 19 heavy (non-hydrogen) atoms. The van der Waals surface area contributed by atoms with Crippen LogP contribution < -0.4 is 0 Å². The molecule has 3 nitrogen and oxygen atoms in total. The molecule has 2 heterocycles. The highest BCUT2D eigenvalue weighted by Crippen LogP contribution is 2.28. The van der Waals surface area contributed by atoms with Crippen LogP contribution in [-0.2, 0) is 0 Å². The Bertz CT molecular complexity index is 866. The van der Waals surface area contributed by atoms with Crippen LogP contribution in [0.15, 0.2) is 65.2 Å². The minimum atomic E-state index is 0.633. The molecule has 0 radical (unpaired) electrons. The van der Waals surface area contributed by atoms with Gasteiger partial charge in [0.2, 0.25) is 5.89 Å². The molecule has 0 atom stereocenters. The molecule has 0 saturated carbocycles. The number of hydrogen-bond donors (Lipinski definition) is 0. The molecular formula is C16H10N2O. The predicted molar refractivity (Wildman–Crippen MR) is 74.7 cm³/mol. The number of para-hydroxylation sites is 1. The van der Waals surface area contributed by atoms with Gasteiger partial charge in [-0.15, -0.1) is 0 Å². The minimum Gasteiger partial charge on any atom is -0.435 e. The van der Waals surface area contributed by atoms with Crippen molar-refractivity contribution in [3.05, 3.63) is 60.8 Å². The van der Waals surface area contributed by atoms with Gasteiger partial charge in [-0.2, -0.15) is 0 Å². The van der Waals surface area contributed by atoms with Crippen molar-refractivity contribution in [1.29, 1.82) is 0 Å². The molecule has 0 aliphatic rings.